The molecule has 0 radical (unpaired) electrons. The Morgan fingerprint density at radius 1 is 1.41 bits per heavy atom. The third-order valence-corrected chi connectivity index (χ3v) is 3.27. The molecule has 0 aliphatic rings. The van der Waals surface area contributed by atoms with Gasteiger partial charge in [0.15, 0.2) is 0 Å². The topological polar surface area (TPSA) is 20.3 Å². The smallest absolute Gasteiger partial charge is 0.338 e. The van der Waals surface area contributed by atoms with Gasteiger partial charge >= 0.3 is 6.18 Å². The highest BCUT2D eigenvalue weighted by atomic mass is 32.1. The van der Waals surface area contributed by atoms with Gasteiger partial charge < -0.3 is 4.90 Å². The van der Waals surface area contributed by atoms with Gasteiger partial charge in [-0.25, -0.2) is 0 Å². The lowest BCUT2D eigenvalue weighted by atomic mass is 10.3. The molecule has 2 nitrogen and oxygen atoms in total. The van der Waals surface area contributed by atoms with Crippen molar-refractivity contribution < 1.29 is 18.0 Å². The van der Waals surface area contributed by atoms with Crippen LogP contribution < -0.4 is 0 Å². The van der Waals surface area contributed by atoms with Gasteiger partial charge in [-0.05, 0) is 26.0 Å². The molecule has 0 atom stereocenters. The first kappa shape index (κ1) is 14.0. The van der Waals surface area contributed by atoms with Gasteiger partial charge in [0.05, 0.1) is 11.3 Å². The predicted octanol–water partition coefficient (Wildman–Crippen LogP) is 3.47. The fourth-order valence-corrected chi connectivity index (χ4v) is 2.21. The van der Waals surface area contributed by atoms with Gasteiger partial charge in [-0.2, -0.15) is 13.2 Å². The number of hydrogen-bond acceptors (Lipinski definition) is 2. The molecular formula is C11H14F3NOS. The summed E-state index contributed by atoms with van der Waals surface area (Å²) >= 11 is 1.30. The Bertz CT molecular complexity index is 386. The lowest BCUT2D eigenvalue weighted by molar-refractivity contribution is -0.136. The molecule has 1 heterocycles. The van der Waals surface area contributed by atoms with Crippen LogP contribution in [0.5, 0.6) is 0 Å². The summed E-state index contributed by atoms with van der Waals surface area (Å²) in [5.41, 5.74) is 0. The van der Waals surface area contributed by atoms with Crippen molar-refractivity contribution in [3.63, 3.8) is 0 Å². The van der Waals surface area contributed by atoms with Crippen LogP contribution in [0.3, 0.4) is 0 Å². The van der Waals surface area contributed by atoms with Gasteiger partial charge in [-0.3, -0.25) is 4.79 Å². The van der Waals surface area contributed by atoms with Crippen LogP contribution in [0.1, 0.15) is 27.9 Å². The van der Waals surface area contributed by atoms with Crippen LogP contribution >= 0.6 is 11.3 Å². The van der Waals surface area contributed by atoms with Crippen molar-refractivity contribution in [3.8, 4) is 0 Å². The molecule has 1 aromatic rings. The molecule has 17 heavy (non-hydrogen) atoms. The Hall–Kier alpha value is -1.04. The highest BCUT2D eigenvalue weighted by molar-refractivity contribution is 7.13. The first-order chi connectivity index (χ1) is 7.83. The molecule has 0 spiro atoms. The zero-order valence-electron chi connectivity index (χ0n) is 9.67. The summed E-state index contributed by atoms with van der Waals surface area (Å²) in [7, 11) is 0. The zero-order valence-corrected chi connectivity index (χ0v) is 10.5. The van der Waals surface area contributed by atoms with Crippen LogP contribution in [0.15, 0.2) is 12.1 Å². The molecule has 1 amide bonds. The van der Waals surface area contributed by atoms with Crippen LogP contribution in [0, 0.1) is 6.92 Å². The molecule has 0 N–H and O–H groups in total. The average Bonchev–Trinajstić information content (AvgIpc) is 2.64. The number of carbonyl (C=O) groups excluding carboxylic acids is 1. The second-order valence-corrected chi connectivity index (χ2v) is 4.95. The second-order valence-electron chi connectivity index (χ2n) is 3.66. The molecule has 0 bridgehead atoms. The van der Waals surface area contributed by atoms with Crippen molar-refractivity contribution in [1.29, 1.82) is 0 Å². The number of aryl methyl sites for hydroxylation is 1. The molecule has 0 unspecified atom stereocenters. The maximum atomic E-state index is 12.1. The first-order valence-electron chi connectivity index (χ1n) is 5.26. The van der Waals surface area contributed by atoms with Crippen molar-refractivity contribution in [3.05, 3.63) is 21.9 Å². The lowest BCUT2D eigenvalue weighted by Gasteiger charge is -2.20. The largest absolute Gasteiger partial charge is 0.390 e. The quantitative estimate of drug-likeness (QED) is 0.816. The number of amides is 1. The van der Waals surface area contributed by atoms with E-state index in [1.807, 2.05) is 6.92 Å². The van der Waals surface area contributed by atoms with E-state index in [1.54, 1.807) is 19.1 Å². The van der Waals surface area contributed by atoms with Crippen molar-refractivity contribution >= 4 is 17.2 Å². The summed E-state index contributed by atoms with van der Waals surface area (Å²) in [5.74, 6) is -0.324. The minimum absolute atomic E-state index is 0.282. The molecule has 0 fully saturated rings. The molecule has 0 saturated carbocycles. The summed E-state index contributed by atoms with van der Waals surface area (Å²) in [4.78, 5) is 14.6. The van der Waals surface area contributed by atoms with Crippen molar-refractivity contribution in [2.24, 2.45) is 0 Å². The van der Waals surface area contributed by atoms with E-state index in [0.29, 0.717) is 4.88 Å². The Labute approximate surface area is 102 Å². The van der Waals surface area contributed by atoms with Crippen LogP contribution in [0.4, 0.5) is 13.2 Å². The fraction of sp³-hybridized carbons (Fsp3) is 0.545. The fourth-order valence-electron chi connectivity index (χ4n) is 1.37. The van der Waals surface area contributed by atoms with Crippen LogP contribution in [-0.2, 0) is 0 Å². The highest BCUT2D eigenvalue weighted by Gasteiger charge is 2.29. The number of nitrogens with zero attached hydrogens (tertiary/aromatic N) is 1. The maximum Gasteiger partial charge on any atom is 0.390 e. The summed E-state index contributed by atoms with van der Waals surface area (Å²) < 4.78 is 36.3. The molecule has 0 aromatic carbocycles. The predicted molar refractivity (Wildman–Crippen MR) is 61.3 cm³/mol. The van der Waals surface area contributed by atoms with Gasteiger partial charge in [-0.1, -0.05) is 0 Å². The molecular weight excluding hydrogens is 251 g/mol. The standard InChI is InChI=1S/C11H14F3NOS/c1-3-15(7-6-11(12,13)14)10(16)9-5-4-8(2)17-9/h4-5H,3,6-7H2,1-2H3. The number of carbonyl (C=O) groups is 1. The molecule has 1 aromatic heterocycles. The number of halogens is 3. The van der Waals surface area contributed by atoms with E-state index in [-0.39, 0.29) is 19.0 Å². The molecule has 96 valence electrons. The molecule has 0 saturated heterocycles. The first-order valence-corrected chi connectivity index (χ1v) is 6.07. The Morgan fingerprint density at radius 2 is 2.06 bits per heavy atom. The number of hydrogen-bond donors (Lipinski definition) is 0. The Kier molecular flexibility index (Phi) is 4.56. The van der Waals surface area contributed by atoms with E-state index < -0.39 is 12.6 Å². The molecule has 0 aliphatic heterocycles. The van der Waals surface area contributed by atoms with E-state index in [2.05, 4.69) is 0 Å². The highest BCUT2D eigenvalue weighted by Crippen LogP contribution is 2.22. The van der Waals surface area contributed by atoms with E-state index in [4.69, 9.17) is 0 Å². The zero-order chi connectivity index (χ0) is 13.1. The summed E-state index contributed by atoms with van der Waals surface area (Å²) in [6.45, 7) is 3.53. The van der Waals surface area contributed by atoms with Crippen LogP contribution in [-0.4, -0.2) is 30.1 Å². The van der Waals surface area contributed by atoms with E-state index in [9.17, 15) is 18.0 Å². The Balaban J connectivity index is 2.65. The summed E-state index contributed by atoms with van der Waals surface area (Å²) in [5, 5.41) is 0. The summed E-state index contributed by atoms with van der Waals surface area (Å²) in [6, 6.07) is 3.44. The average molecular weight is 265 g/mol. The SMILES string of the molecule is CCN(CCC(F)(F)F)C(=O)c1ccc(C)s1. The van der Waals surface area contributed by atoms with Gasteiger partial charge in [0, 0.05) is 18.0 Å². The lowest BCUT2D eigenvalue weighted by Crippen LogP contribution is -2.33. The third-order valence-electron chi connectivity index (χ3n) is 2.29. The molecule has 0 aliphatic carbocycles. The maximum absolute atomic E-state index is 12.1. The number of alkyl halides is 3. The second kappa shape index (κ2) is 5.53. The van der Waals surface area contributed by atoms with E-state index >= 15 is 0 Å². The minimum atomic E-state index is -4.22. The van der Waals surface area contributed by atoms with Gasteiger partial charge in [0.25, 0.3) is 5.91 Å². The van der Waals surface area contributed by atoms with Gasteiger partial charge in [-0.15, -0.1) is 11.3 Å². The van der Waals surface area contributed by atoms with E-state index in [0.717, 1.165) is 4.88 Å². The molecule has 1 rings (SSSR count). The van der Waals surface area contributed by atoms with Crippen LogP contribution in [0.25, 0.3) is 0 Å². The van der Waals surface area contributed by atoms with Crippen molar-refractivity contribution in [1.82, 2.24) is 4.90 Å². The normalized spacial score (nSPS) is 11.6. The molecule has 6 heteroatoms. The Morgan fingerprint density at radius 3 is 2.47 bits per heavy atom. The van der Waals surface area contributed by atoms with Crippen LogP contribution in [0.2, 0.25) is 0 Å². The van der Waals surface area contributed by atoms with E-state index in [1.165, 1.54) is 16.2 Å². The number of thiophene rings is 1. The third kappa shape index (κ3) is 4.38. The minimum Gasteiger partial charge on any atom is -0.338 e. The van der Waals surface area contributed by atoms with Gasteiger partial charge in [0.1, 0.15) is 0 Å². The van der Waals surface area contributed by atoms with Crippen molar-refractivity contribution in [2.45, 2.75) is 26.4 Å². The van der Waals surface area contributed by atoms with Gasteiger partial charge in [0.2, 0.25) is 0 Å². The number of rotatable bonds is 4. The van der Waals surface area contributed by atoms with Crippen molar-refractivity contribution in [2.75, 3.05) is 13.1 Å². The summed E-state index contributed by atoms with van der Waals surface area (Å²) in [6.07, 6.45) is -5.18. The monoisotopic (exact) mass is 265 g/mol.